The largest absolute Gasteiger partial charge is 0.497 e. The summed E-state index contributed by atoms with van der Waals surface area (Å²) in [6.45, 7) is 5.10. The minimum atomic E-state index is -0.422. The monoisotopic (exact) mass is 442 g/mol. The van der Waals surface area contributed by atoms with Crippen LogP contribution < -0.4 is 14.8 Å². The molecule has 172 valence electrons. The number of methoxy groups -OCH3 is 2. The van der Waals surface area contributed by atoms with Gasteiger partial charge < -0.3 is 19.7 Å². The summed E-state index contributed by atoms with van der Waals surface area (Å²) in [7, 11) is 3.17. The van der Waals surface area contributed by atoms with E-state index in [0.29, 0.717) is 37.6 Å². The fourth-order valence-corrected chi connectivity index (χ4v) is 4.11. The lowest BCUT2D eigenvalue weighted by Crippen LogP contribution is -2.35. The molecule has 1 fully saturated rings. The van der Waals surface area contributed by atoms with Gasteiger partial charge in [0.1, 0.15) is 17.3 Å². The first-order valence-corrected chi connectivity index (χ1v) is 10.8. The van der Waals surface area contributed by atoms with E-state index in [0.717, 1.165) is 11.1 Å². The molecule has 1 aliphatic rings. The van der Waals surface area contributed by atoms with Gasteiger partial charge in [0.15, 0.2) is 0 Å². The van der Waals surface area contributed by atoms with Crippen LogP contribution in [-0.4, -0.2) is 44.0 Å². The second-order valence-electron chi connectivity index (χ2n) is 8.56. The average Bonchev–Trinajstić information content (AvgIpc) is 3.23. The number of amides is 2. The van der Waals surface area contributed by atoms with Gasteiger partial charge in [0.25, 0.3) is 0 Å². The fraction of sp³-hybridized carbons (Fsp3) is 0.440. The maximum atomic E-state index is 13.2. The zero-order valence-corrected chi connectivity index (χ0v) is 19.1. The molecular weight excluding hydrogens is 411 g/mol. The number of hydrogen-bond donors (Lipinski definition) is 1. The highest BCUT2D eigenvalue weighted by Gasteiger charge is 2.41. The van der Waals surface area contributed by atoms with Gasteiger partial charge in [-0.1, -0.05) is 32.0 Å². The number of carbonyl (C=O) groups is 2. The number of nitrogens with zero attached hydrogens (tertiary/aromatic N) is 1. The van der Waals surface area contributed by atoms with Crippen molar-refractivity contribution in [3.8, 4) is 11.5 Å². The van der Waals surface area contributed by atoms with Crippen LogP contribution in [0.3, 0.4) is 0 Å². The van der Waals surface area contributed by atoms with Crippen molar-refractivity contribution in [2.75, 3.05) is 27.3 Å². The van der Waals surface area contributed by atoms with E-state index in [9.17, 15) is 14.0 Å². The lowest BCUT2D eigenvalue weighted by molar-refractivity contribution is -0.131. The van der Waals surface area contributed by atoms with Gasteiger partial charge in [0.2, 0.25) is 11.8 Å². The summed E-state index contributed by atoms with van der Waals surface area (Å²) < 4.78 is 24.0. The van der Waals surface area contributed by atoms with Crippen LogP contribution in [0.2, 0.25) is 0 Å². The van der Waals surface area contributed by atoms with Gasteiger partial charge in [-0.15, -0.1) is 0 Å². The third-order valence-corrected chi connectivity index (χ3v) is 5.81. The quantitative estimate of drug-likeness (QED) is 0.676. The van der Waals surface area contributed by atoms with E-state index in [1.165, 1.54) is 12.1 Å². The molecule has 0 bridgehead atoms. The molecule has 1 heterocycles. The minimum absolute atomic E-state index is 0.0475. The van der Waals surface area contributed by atoms with Gasteiger partial charge in [-0.05, 0) is 29.7 Å². The predicted molar refractivity (Wildman–Crippen MR) is 120 cm³/mol. The normalized spacial score (nSPS) is 18.0. The van der Waals surface area contributed by atoms with Crippen molar-refractivity contribution in [2.45, 2.75) is 32.7 Å². The Morgan fingerprint density at radius 2 is 1.81 bits per heavy atom. The fourth-order valence-electron chi connectivity index (χ4n) is 4.11. The molecule has 0 radical (unpaired) electrons. The van der Waals surface area contributed by atoms with Gasteiger partial charge >= 0.3 is 0 Å². The maximum absolute atomic E-state index is 13.2. The van der Waals surface area contributed by atoms with Crippen molar-refractivity contribution in [3.63, 3.8) is 0 Å². The van der Waals surface area contributed by atoms with Gasteiger partial charge in [-0.2, -0.15) is 0 Å². The van der Waals surface area contributed by atoms with Crippen molar-refractivity contribution >= 4 is 11.8 Å². The molecular formula is C25H31FN2O4. The molecule has 7 heteroatoms. The highest BCUT2D eigenvalue weighted by atomic mass is 19.1. The Hall–Kier alpha value is -3.09. The van der Waals surface area contributed by atoms with Crippen LogP contribution in [0.5, 0.6) is 11.5 Å². The number of halogens is 1. The second-order valence-corrected chi connectivity index (χ2v) is 8.56. The lowest BCUT2D eigenvalue weighted by atomic mass is 9.87. The molecule has 0 unspecified atom stereocenters. The summed E-state index contributed by atoms with van der Waals surface area (Å²) in [6, 6.07) is 11.6. The molecule has 0 aliphatic carbocycles. The van der Waals surface area contributed by atoms with Crippen LogP contribution in [0.25, 0.3) is 0 Å². The first kappa shape index (κ1) is 23.6. The van der Waals surface area contributed by atoms with Gasteiger partial charge in [-0.3, -0.25) is 9.59 Å². The smallest absolute Gasteiger partial charge is 0.225 e. The molecule has 6 nitrogen and oxygen atoms in total. The number of nitrogens with one attached hydrogen (secondary N) is 1. The molecule has 2 aromatic carbocycles. The molecule has 2 aromatic rings. The Morgan fingerprint density at radius 1 is 1.09 bits per heavy atom. The van der Waals surface area contributed by atoms with Crippen LogP contribution in [-0.2, 0) is 16.1 Å². The summed E-state index contributed by atoms with van der Waals surface area (Å²) in [5.74, 6) is 0.486. The summed E-state index contributed by atoms with van der Waals surface area (Å²) in [6.07, 6.45) is 0.441. The molecule has 32 heavy (non-hydrogen) atoms. The molecule has 0 spiro atoms. The number of hydrogen-bond acceptors (Lipinski definition) is 4. The molecule has 1 N–H and O–H groups in total. The van der Waals surface area contributed by atoms with Crippen molar-refractivity contribution in [1.82, 2.24) is 10.2 Å². The number of ether oxygens (including phenoxy) is 2. The van der Waals surface area contributed by atoms with Crippen LogP contribution >= 0.6 is 0 Å². The number of rotatable bonds is 8. The van der Waals surface area contributed by atoms with E-state index in [-0.39, 0.29) is 29.5 Å². The molecule has 1 saturated heterocycles. The predicted octanol–water partition coefficient (Wildman–Crippen LogP) is 3.75. The van der Waals surface area contributed by atoms with Crippen molar-refractivity contribution in [2.24, 2.45) is 11.8 Å². The summed E-state index contributed by atoms with van der Waals surface area (Å²) in [5.41, 5.74) is 1.68. The van der Waals surface area contributed by atoms with Crippen LogP contribution in [0.4, 0.5) is 4.39 Å². The van der Waals surface area contributed by atoms with E-state index >= 15 is 0 Å². The standard InChI is InChI=1S/C25H31FN2O4/c1-16(2)11-24(29)28-14-21(20-10-9-19(31-3)12-23(20)32-4)22(15-28)25(30)27-13-17-5-7-18(26)8-6-17/h5-10,12,16,21-22H,11,13-15H2,1-4H3,(H,27,30)/t21-,22+/m1/s1. The van der Waals surface area contributed by atoms with E-state index < -0.39 is 5.92 Å². The van der Waals surface area contributed by atoms with E-state index in [1.54, 1.807) is 37.3 Å². The Balaban J connectivity index is 1.83. The molecule has 2 atom stereocenters. The zero-order valence-electron chi connectivity index (χ0n) is 19.1. The Labute approximate surface area is 188 Å². The number of likely N-dealkylation sites (tertiary alicyclic amines) is 1. The first-order valence-electron chi connectivity index (χ1n) is 10.8. The van der Waals surface area contributed by atoms with E-state index in [2.05, 4.69) is 5.32 Å². The lowest BCUT2D eigenvalue weighted by Gasteiger charge is -2.21. The summed E-state index contributed by atoms with van der Waals surface area (Å²) >= 11 is 0. The van der Waals surface area contributed by atoms with Gasteiger partial charge in [-0.25, -0.2) is 4.39 Å². The van der Waals surface area contributed by atoms with Crippen molar-refractivity contribution in [1.29, 1.82) is 0 Å². The summed E-state index contributed by atoms with van der Waals surface area (Å²) in [5, 5.41) is 2.96. The maximum Gasteiger partial charge on any atom is 0.225 e. The number of benzene rings is 2. The third kappa shape index (κ3) is 5.58. The molecule has 2 amide bonds. The first-order chi connectivity index (χ1) is 15.3. The van der Waals surface area contributed by atoms with Crippen LogP contribution in [0.1, 0.15) is 37.3 Å². The second kappa shape index (κ2) is 10.5. The van der Waals surface area contributed by atoms with Crippen molar-refractivity contribution < 1.29 is 23.5 Å². The molecule has 0 aromatic heterocycles. The minimum Gasteiger partial charge on any atom is -0.497 e. The number of carbonyl (C=O) groups excluding carboxylic acids is 2. The summed E-state index contributed by atoms with van der Waals surface area (Å²) in [4.78, 5) is 27.7. The topological polar surface area (TPSA) is 67.9 Å². The van der Waals surface area contributed by atoms with E-state index in [4.69, 9.17) is 9.47 Å². The highest BCUT2D eigenvalue weighted by Crippen LogP contribution is 2.39. The SMILES string of the molecule is COc1ccc([C@H]2CN(C(=O)CC(C)C)C[C@@H]2C(=O)NCc2ccc(F)cc2)c(OC)c1. The Morgan fingerprint density at radius 3 is 2.44 bits per heavy atom. The van der Waals surface area contributed by atoms with Crippen LogP contribution in [0.15, 0.2) is 42.5 Å². The molecule has 3 rings (SSSR count). The van der Waals surface area contributed by atoms with E-state index in [1.807, 2.05) is 26.0 Å². The average molecular weight is 443 g/mol. The highest BCUT2D eigenvalue weighted by molar-refractivity contribution is 5.83. The third-order valence-electron chi connectivity index (χ3n) is 5.81. The Bertz CT molecular complexity index is 945. The Kier molecular flexibility index (Phi) is 7.72. The zero-order chi connectivity index (χ0) is 23.3. The van der Waals surface area contributed by atoms with Gasteiger partial charge in [0.05, 0.1) is 20.1 Å². The van der Waals surface area contributed by atoms with Crippen molar-refractivity contribution in [3.05, 3.63) is 59.4 Å². The van der Waals surface area contributed by atoms with Gasteiger partial charge in [0, 0.05) is 43.6 Å². The van der Waals surface area contributed by atoms with Crippen LogP contribution in [0, 0.1) is 17.7 Å². The molecule has 0 saturated carbocycles. The molecule has 1 aliphatic heterocycles.